The van der Waals surface area contributed by atoms with Gasteiger partial charge in [0, 0.05) is 18.5 Å². The van der Waals surface area contributed by atoms with Crippen molar-refractivity contribution < 1.29 is 14.1 Å². The standard InChI is InChI=1S/C14H15Cl2N3O3/c1-3-19(7-13-17-9(2)22-18-13)14(20)8-21-12-5-4-10(15)6-11(12)16/h4-6H,3,7-8H2,1-2H3. The molecule has 0 unspecified atom stereocenters. The number of amides is 1. The van der Waals surface area contributed by atoms with Crippen LogP contribution >= 0.6 is 23.2 Å². The third-order valence-electron chi connectivity index (χ3n) is 2.88. The molecule has 0 N–H and O–H groups in total. The van der Waals surface area contributed by atoms with Gasteiger partial charge in [-0.15, -0.1) is 0 Å². The van der Waals surface area contributed by atoms with Gasteiger partial charge in [0.05, 0.1) is 11.6 Å². The summed E-state index contributed by atoms with van der Waals surface area (Å²) in [4.78, 5) is 17.8. The fraction of sp³-hybridized carbons (Fsp3) is 0.357. The minimum atomic E-state index is -0.198. The van der Waals surface area contributed by atoms with Crippen LogP contribution in [0.3, 0.4) is 0 Å². The van der Waals surface area contributed by atoms with E-state index in [1.807, 2.05) is 6.92 Å². The first-order valence-corrected chi connectivity index (χ1v) is 7.40. The molecule has 0 fully saturated rings. The van der Waals surface area contributed by atoms with Gasteiger partial charge in [-0.3, -0.25) is 4.79 Å². The SMILES string of the molecule is CCN(Cc1noc(C)n1)C(=O)COc1ccc(Cl)cc1Cl. The molecule has 1 aromatic carbocycles. The highest BCUT2D eigenvalue weighted by atomic mass is 35.5. The van der Waals surface area contributed by atoms with Gasteiger partial charge in [-0.05, 0) is 25.1 Å². The van der Waals surface area contributed by atoms with Crippen LogP contribution in [0.25, 0.3) is 0 Å². The summed E-state index contributed by atoms with van der Waals surface area (Å²) in [5.74, 6) is 1.13. The molecular weight excluding hydrogens is 329 g/mol. The molecule has 0 radical (unpaired) electrons. The second-order valence-electron chi connectivity index (χ2n) is 4.50. The highest BCUT2D eigenvalue weighted by Gasteiger charge is 2.16. The summed E-state index contributed by atoms with van der Waals surface area (Å²) >= 11 is 11.8. The van der Waals surface area contributed by atoms with E-state index in [1.54, 1.807) is 30.0 Å². The predicted octanol–water partition coefficient (Wildman–Crippen LogP) is 3.11. The molecule has 1 aromatic heterocycles. The van der Waals surface area contributed by atoms with Gasteiger partial charge in [-0.1, -0.05) is 28.4 Å². The fourth-order valence-corrected chi connectivity index (χ4v) is 2.24. The predicted molar refractivity (Wildman–Crippen MR) is 82.1 cm³/mol. The van der Waals surface area contributed by atoms with Crippen LogP contribution in [-0.2, 0) is 11.3 Å². The lowest BCUT2D eigenvalue weighted by atomic mass is 10.3. The topological polar surface area (TPSA) is 68.5 Å². The fourth-order valence-electron chi connectivity index (χ4n) is 1.78. The lowest BCUT2D eigenvalue weighted by Gasteiger charge is -2.19. The minimum absolute atomic E-state index is 0.133. The quantitative estimate of drug-likeness (QED) is 0.805. The number of aromatic nitrogens is 2. The maximum absolute atomic E-state index is 12.2. The Morgan fingerprint density at radius 3 is 2.77 bits per heavy atom. The number of carbonyl (C=O) groups excluding carboxylic acids is 1. The van der Waals surface area contributed by atoms with Gasteiger partial charge in [0.2, 0.25) is 5.89 Å². The third-order valence-corrected chi connectivity index (χ3v) is 3.41. The number of aryl methyl sites for hydroxylation is 1. The van der Waals surface area contributed by atoms with E-state index in [1.165, 1.54) is 0 Å². The number of ether oxygens (including phenoxy) is 1. The van der Waals surface area contributed by atoms with Gasteiger partial charge in [-0.2, -0.15) is 4.98 Å². The van der Waals surface area contributed by atoms with Crippen LogP contribution in [0.15, 0.2) is 22.7 Å². The minimum Gasteiger partial charge on any atom is -0.482 e. The van der Waals surface area contributed by atoms with E-state index >= 15 is 0 Å². The number of likely N-dealkylation sites (N-methyl/N-ethyl adjacent to an activating group) is 1. The molecule has 1 amide bonds. The molecule has 22 heavy (non-hydrogen) atoms. The van der Waals surface area contributed by atoms with Crippen molar-refractivity contribution in [2.75, 3.05) is 13.2 Å². The first kappa shape index (κ1) is 16.6. The zero-order valence-corrected chi connectivity index (χ0v) is 13.7. The van der Waals surface area contributed by atoms with Crippen molar-refractivity contribution in [1.29, 1.82) is 0 Å². The molecular formula is C14H15Cl2N3O3. The van der Waals surface area contributed by atoms with Crippen LogP contribution in [0.1, 0.15) is 18.6 Å². The van der Waals surface area contributed by atoms with E-state index < -0.39 is 0 Å². The molecule has 0 bridgehead atoms. The lowest BCUT2D eigenvalue weighted by Crippen LogP contribution is -2.34. The summed E-state index contributed by atoms with van der Waals surface area (Å²) in [6.07, 6.45) is 0. The maximum Gasteiger partial charge on any atom is 0.260 e. The molecule has 8 heteroatoms. The highest BCUT2D eigenvalue weighted by Crippen LogP contribution is 2.27. The Hall–Kier alpha value is -1.79. The van der Waals surface area contributed by atoms with Crippen LogP contribution in [-0.4, -0.2) is 34.1 Å². The number of nitrogens with zero attached hydrogens (tertiary/aromatic N) is 3. The summed E-state index contributed by atoms with van der Waals surface area (Å²) in [5, 5.41) is 4.64. The number of hydrogen-bond acceptors (Lipinski definition) is 5. The Bertz CT molecular complexity index is 661. The molecule has 0 saturated heterocycles. The molecule has 0 aliphatic carbocycles. The average Bonchev–Trinajstić information content (AvgIpc) is 2.89. The molecule has 0 aliphatic heterocycles. The van der Waals surface area contributed by atoms with E-state index in [9.17, 15) is 4.79 Å². The van der Waals surface area contributed by atoms with Gasteiger partial charge in [-0.25, -0.2) is 0 Å². The Morgan fingerprint density at radius 2 is 2.18 bits per heavy atom. The number of benzene rings is 1. The van der Waals surface area contributed by atoms with Crippen LogP contribution in [0.2, 0.25) is 10.0 Å². The van der Waals surface area contributed by atoms with Crippen molar-refractivity contribution in [3.05, 3.63) is 40.0 Å². The number of carbonyl (C=O) groups is 1. The zero-order chi connectivity index (χ0) is 16.1. The number of rotatable bonds is 6. The largest absolute Gasteiger partial charge is 0.482 e. The van der Waals surface area contributed by atoms with Crippen LogP contribution in [0.4, 0.5) is 0 Å². The average molecular weight is 344 g/mol. The maximum atomic E-state index is 12.2. The molecule has 1 heterocycles. The van der Waals surface area contributed by atoms with Gasteiger partial charge >= 0.3 is 0 Å². The van der Waals surface area contributed by atoms with E-state index in [0.717, 1.165) is 0 Å². The normalized spacial score (nSPS) is 10.5. The lowest BCUT2D eigenvalue weighted by molar-refractivity contribution is -0.133. The Labute approximate surface area is 138 Å². The second kappa shape index (κ2) is 7.47. The van der Waals surface area contributed by atoms with Crippen molar-refractivity contribution in [1.82, 2.24) is 15.0 Å². The summed E-state index contributed by atoms with van der Waals surface area (Å²) < 4.78 is 10.3. The second-order valence-corrected chi connectivity index (χ2v) is 5.34. The van der Waals surface area contributed by atoms with E-state index in [0.29, 0.717) is 34.1 Å². The van der Waals surface area contributed by atoms with E-state index in [-0.39, 0.29) is 19.1 Å². The zero-order valence-electron chi connectivity index (χ0n) is 12.2. The van der Waals surface area contributed by atoms with Crippen molar-refractivity contribution in [3.8, 4) is 5.75 Å². The molecule has 0 spiro atoms. The van der Waals surface area contributed by atoms with Gasteiger partial charge in [0.25, 0.3) is 5.91 Å². The van der Waals surface area contributed by atoms with Crippen molar-refractivity contribution in [2.45, 2.75) is 20.4 Å². The summed E-state index contributed by atoms with van der Waals surface area (Å²) in [7, 11) is 0. The molecule has 2 aromatic rings. The number of hydrogen-bond donors (Lipinski definition) is 0. The Morgan fingerprint density at radius 1 is 1.41 bits per heavy atom. The summed E-state index contributed by atoms with van der Waals surface area (Å²) in [5.41, 5.74) is 0. The first-order valence-electron chi connectivity index (χ1n) is 6.64. The van der Waals surface area contributed by atoms with Crippen molar-refractivity contribution >= 4 is 29.1 Å². The Kier molecular flexibility index (Phi) is 5.63. The summed E-state index contributed by atoms with van der Waals surface area (Å²) in [6, 6.07) is 4.83. The van der Waals surface area contributed by atoms with Crippen molar-refractivity contribution in [2.24, 2.45) is 0 Å². The first-order chi connectivity index (χ1) is 10.5. The molecule has 0 atom stereocenters. The highest BCUT2D eigenvalue weighted by molar-refractivity contribution is 6.35. The number of halogens is 2. The van der Waals surface area contributed by atoms with Crippen LogP contribution < -0.4 is 4.74 Å². The molecule has 118 valence electrons. The van der Waals surface area contributed by atoms with Gasteiger partial charge < -0.3 is 14.2 Å². The molecule has 6 nitrogen and oxygen atoms in total. The van der Waals surface area contributed by atoms with E-state index in [2.05, 4.69) is 10.1 Å². The smallest absolute Gasteiger partial charge is 0.260 e. The van der Waals surface area contributed by atoms with Crippen LogP contribution in [0.5, 0.6) is 5.75 Å². The third kappa shape index (κ3) is 4.35. The van der Waals surface area contributed by atoms with Crippen molar-refractivity contribution in [3.63, 3.8) is 0 Å². The molecule has 0 saturated carbocycles. The monoisotopic (exact) mass is 343 g/mol. The van der Waals surface area contributed by atoms with Gasteiger partial charge in [0.15, 0.2) is 12.4 Å². The van der Waals surface area contributed by atoms with Crippen LogP contribution in [0, 0.1) is 6.92 Å². The molecule has 2 rings (SSSR count). The van der Waals surface area contributed by atoms with E-state index in [4.69, 9.17) is 32.5 Å². The summed E-state index contributed by atoms with van der Waals surface area (Å²) in [6.45, 7) is 4.20. The Balaban J connectivity index is 1.94. The molecule has 0 aliphatic rings. The van der Waals surface area contributed by atoms with Gasteiger partial charge in [0.1, 0.15) is 5.75 Å².